The van der Waals surface area contributed by atoms with E-state index in [1.54, 1.807) is 0 Å². The van der Waals surface area contributed by atoms with Crippen molar-refractivity contribution < 1.29 is 19.1 Å². The van der Waals surface area contributed by atoms with Crippen molar-refractivity contribution in [2.45, 2.75) is 19.2 Å². The molecule has 0 aromatic heterocycles. The molecule has 0 aliphatic carbocycles. The van der Waals surface area contributed by atoms with Crippen molar-refractivity contribution in [3.63, 3.8) is 0 Å². The highest BCUT2D eigenvalue weighted by molar-refractivity contribution is 6.20. The molecule has 1 N–H and O–H groups in total. The fourth-order valence-corrected chi connectivity index (χ4v) is 3.64. The standard InChI is InChI=1S/C26H23N3O4/c30-17-9-16-29-22-15-8-7-14-21(22)23(20-12-5-2-6-13-20)27-24(25(29)31)28-26(32)33-18-19-10-3-1-4-11-19/h1-8,10-15,17,24H,9,16,18H2,(H,28,32). The van der Waals surface area contributed by atoms with Gasteiger partial charge in [-0.25, -0.2) is 9.79 Å². The third-order valence-corrected chi connectivity index (χ3v) is 5.19. The number of nitrogens with one attached hydrogen (secondary N) is 1. The Morgan fingerprint density at radius 2 is 1.64 bits per heavy atom. The average molecular weight is 441 g/mol. The molecule has 0 saturated carbocycles. The van der Waals surface area contributed by atoms with Crippen LogP contribution < -0.4 is 10.2 Å². The molecule has 3 aromatic carbocycles. The molecule has 1 aliphatic heterocycles. The van der Waals surface area contributed by atoms with Crippen LogP contribution in [-0.2, 0) is 20.9 Å². The minimum Gasteiger partial charge on any atom is -0.445 e. The van der Waals surface area contributed by atoms with Crippen LogP contribution >= 0.6 is 0 Å². The van der Waals surface area contributed by atoms with Gasteiger partial charge in [0.15, 0.2) is 0 Å². The Bertz CT molecular complexity index is 1160. The molecule has 4 rings (SSSR count). The molecule has 0 spiro atoms. The lowest BCUT2D eigenvalue weighted by atomic mass is 10.0. The number of aldehydes is 1. The average Bonchev–Trinajstić information content (AvgIpc) is 2.97. The van der Waals surface area contributed by atoms with E-state index in [-0.39, 0.29) is 19.6 Å². The van der Waals surface area contributed by atoms with Crippen LogP contribution in [0, 0.1) is 0 Å². The Hall–Kier alpha value is -4.26. The van der Waals surface area contributed by atoms with Gasteiger partial charge in [0.05, 0.1) is 11.4 Å². The maximum atomic E-state index is 13.4. The molecule has 1 atom stereocenters. The monoisotopic (exact) mass is 441 g/mol. The lowest BCUT2D eigenvalue weighted by Crippen LogP contribution is -2.47. The van der Waals surface area contributed by atoms with E-state index in [1.807, 2.05) is 84.9 Å². The molecule has 0 radical (unpaired) electrons. The highest BCUT2D eigenvalue weighted by Gasteiger charge is 2.33. The van der Waals surface area contributed by atoms with Crippen molar-refractivity contribution in [1.82, 2.24) is 5.32 Å². The van der Waals surface area contributed by atoms with Gasteiger partial charge in [0, 0.05) is 24.1 Å². The van der Waals surface area contributed by atoms with E-state index in [2.05, 4.69) is 10.3 Å². The number of ether oxygens (including phenoxy) is 1. The van der Waals surface area contributed by atoms with E-state index in [0.717, 1.165) is 23.0 Å². The van der Waals surface area contributed by atoms with Gasteiger partial charge in [0.25, 0.3) is 5.91 Å². The summed E-state index contributed by atoms with van der Waals surface area (Å²) in [4.78, 5) is 43.2. The first-order chi connectivity index (χ1) is 16.2. The number of benzene rings is 3. The number of carbonyl (C=O) groups excluding carboxylic acids is 3. The van der Waals surface area contributed by atoms with Crippen LogP contribution in [0.3, 0.4) is 0 Å². The van der Waals surface area contributed by atoms with Crippen molar-refractivity contribution in [3.8, 4) is 0 Å². The first-order valence-corrected chi connectivity index (χ1v) is 10.6. The normalized spacial score (nSPS) is 15.2. The number of hydrogen-bond donors (Lipinski definition) is 1. The molecule has 166 valence electrons. The molecule has 7 nitrogen and oxygen atoms in total. The van der Waals surface area contributed by atoms with E-state index < -0.39 is 18.2 Å². The third-order valence-electron chi connectivity index (χ3n) is 5.19. The van der Waals surface area contributed by atoms with Crippen LogP contribution in [0.2, 0.25) is 0 Å². The molecular weight excluding hydrogens is 418 g/mol. The molecule has 0 bridgehead atoms. The van der Waals surface area contributed by atoms with Gasteiger partial charge >= 0.3 is 6.09 Å². The number of hydrogen-bond acceptors (Lipinski definition) is 5. The number of nitrogens with zero attached hydrogens (tertiary/aromatic N) is 2. The van der Waals surface area contributed by atoms with Crippen LogP contribution in [0.15, 0.2) is 89.9 Å². The summed E-state index contributed by atoms with van der Waals surface area (Å²) in [6, 6.07) is 26.1. The molecule has 1 aliphatic rings. The van der Waals surface area contributed by atoms with Gasteiger partial charge in [0.1, 0.15) is 12.9 Å². The minimum absolute atomic E-state index is 0.0674. The maximum absolute atomic E-state index is 13.4. The molecule has 0 fully saturated rings. The molecule has 1 unspecified atom stereocenters. The number of amides is 2. The Morgan fingerprint density at radius 1 is 0.970 bits per heavy atom. The number of aliphatic imine (C=N–C) groups is 1. The van der Waals surface area contributed by atoms with Gasteiger partial charge in [-0.15, -0.1) is 0 Å². The molecule has 2 amide bonds. The van der Waals surface area contributed by atoms with Crippen LogP contribution in [0.5, 0.6) is 0 Å². The van der Waals surface area contributed by atoms with E-state index in [1.165, 1.54) is 4.90 Å². The summed E-state index contributed by atoms with van der Waals surface area (Å²) in [6.07, 6.45) is -1.04. The zero-order chi connectivity index (χ0) is 23.0. The molecule has 7 heteroatoms. The maximum Gasteiger partial charge on any atom is 0.409 e. The van der Waals surface area contributed by atoms with Crippen molar-refractivity contribution >= 4 is 29.7 Å². The van der Waals surface area contributed by atoms with E-state index in [9.17, 15) is 14.4 Å². The number of anilines is 1. The summed E-state index contributed by atoms with van der Waals surface area (Å²) < 4.78 is 5.31. The highest BCUT2D eigenvalue weighted by Crippen LogP contribution is 2.28. The number of para-hydroxylation sites is 1. The lowest BCUT2D eigenvalue weighted by Gasteiger charge is -2.24. The fraction of sp³-hybridized carbons (Fsp3) is 0.154. The largest absolute Gasteiger partial charge is 0.445 e. The van der Waals surface area contributed by atoms with Gasteiger partial charge in [-0.3, -0.25) is 10.1 Å². The number of benzodiazepines with no additional fused rings is 1. The summed E-state index contributed by atoms with van der Waals surface area (Å²) in [5.74, 6) is -0.438. The van der Waals surface area contributed by atoms with Crippen molar-refractivity contribution in [1.29, 1.82) is 0 Å². The Morgan fingerprint density at radius 3 is 2.36 bits per heavy atom. The molecule has 3 aromatic rings. The Balaban J connectivity index is 1.67. The summed E-state index contributed by atoms with van der Waals surface area (Å²) in [6.45, 7) is 0.242. The van der Waals surface area contributed by atoms with Crippen molar-refractivity contribution in [3.05, 3.63) is 102 Å². The number of rotatable bonds is 7. The second-order valence-electron chi connectivity index (χ2n) is 7.41. The van der Waals surface area contributed by atoms with Crippen LogP contribution in [-0.4, -0.2) is 36.7 Å². The van der Waals surface area contributed by atoms with Crippen LogP contribution in [0.25, 0.3) is 0 Å². The second kappa shape index (κ2) is 10.4. The smallest absolute Gasteiger partial charge is 0.409 e. The number of carbonyl (C=O) groups is 3. The van der Waals surface area contributed by atoms with E-state index >= 15 is 0 Å². The number of alkyl carbamates (subject to hydrolysis) is 1. The van der Waals surface area contributed by atoms with Crippen LogP contribution in [0.4, 0.5) is 10.5 Å². The lowest BCUT2D eigenvalue weighted by molar-refractivity contribution is -0.120. The van der Waals surface area contributed by atoms with E-state index in [0.29, 0.717) is 11.4 Å². The van der Waals surface area contributed by atoms with Gasteiger partial charge in [0.2, 0.25) is 6.17 Å². The summed E-state index contributed by atoms with van der Waals surface area (Å²) >= 11 is 0. The van der Waals surface area contributed by atoms with E-state index in [4.69, 9.17) is 4.74 Å². The highest BCUT2D eigenvalue weighted by atomic mass is 16.5. The summed E-state index contributed by atoms with van der Waals surface area (Å²) in [5.41, 5.74) is 3.58. The van der Waals surface area contributed by atoms with Gasteiger partial charge in [-0.2, -0.15) is 0 Å². The first-order valence-electron chi connectivity index (χ1n) is 10.6. The quantitative estimate of drug-likeness (QED) is 0.566. The van der Waals surface area contributed by atoms with Crippen LogP contribution in [0.1, 0.15) is 23.1 Å². The van der Waals surface area contributed by atoms with Crippen molar-refractivity contribution in [2.24, 2.45) is 4.99 Å². The molecule has 0 saturated heterocycles. The van der Waals surface area contributed by atoms with Gasteiger partial charge < -0.3 is 14.4 Å². The predicted octanol–water partition coefficient (Wildman–Crippen LogP) is 3.71. The van der Waals surface area contributed by atoms with Gasteiger partial charge in [-0.1, -0.05) is 78.9 Å². The molecular formula is C26H23N3O4. The summed E-state index contributed by atoms with van der Waals surface area (Å²) in [7, 11) is 0. The SMILES string of the molecule is O=CCCN1C(=O)C(NC(=O)OCc2ccccc2)N=C(c2ccccc2)c2ccccc21. The Kier molecular flexibility index (Phi) is 6.90. The second-order valence-corrected chi connectivity index (χ2v) is 7.41. The zero-order valence-corrected chi connectivity index (χ0v) is 17.9. The fourth-order valence-electron chi connectivity index (χ4n) is 3.64. The zero-order valence-electron chi connectivity index (χ0n) is 17.9. The molecule has 33 heavy (non-hydrogen) atoms. The number of fused-ring (bicyclic) bond motifs is 1. The van der Waals surface area contributed by atoms with Crippen molar-refractivity contribution in [2.75, 3.05) is 11.4 Å². The summed E-state index contributed by atoms with van der Waals surface area (Å²) in [5, 5.41) is 2.59. The molecule has 1 heterocycles. The minimum atomic E-state index is -1.21. The third kappa shape index (κ3) is 5.15. The Labute approximate surface area is 191 Å². The topological polar surface area (TPSA) is 88.1 Å². The predicted molar refractivity (Wildman–Crippen MR) is 125 cm³/mol. The first kappa shape index (κ1) is 22.0. The van der Waals surface area contributed by atoms with Gasteiger partial charge in [-0.05, 0) is 11.6 Å².